The highest BCUT2D eigenvalue weighted by Gasteiger charge is 2.47. The zero-order valence-corrected chi connectivity index (χ0v) is 12.5. The number of hydrogen-bond donors (Lipinski definition) is 0. The quantitative estimate of drug-likeness (QED) is 0.765. The lowest BCUT2D eigenvalue weighted by atomic mass is 9.70. The third-order valence-corrected chi connectivity index (χ3v) is 4.08. The highest BCUT2D eigenvalue weighted by Crippen LogP contribution is 2.37. The van der Waals surface area contributed by atoms with Crippen LogP contribution in [0.25, 0.3) is 0 Å². The SMILES string of the molecule is COCCn1cc(B2OCC(C)(C)C(C)(C)O2)cn1. The Morgan fingerprint density at radius 3 is 2.79 bits per heavy atom. The average Bonchev–Trinajstić information content (AvgIpc) is 2.79. The van der Waals surface area contributed by atoms with Gasteiger partial charge in [-0.1, -0.05) is 13.8 Å². The first-order valence-corrected chi connectivity index (χ1v) is 6.66. The van der Waals surface area contributed by atoms with Gasteiger partial charge in [0, 0.05) is 37.0 Å². The number of hydrogen-bond acceptors (Lipinski definition) is 4. The van der Waals surface area contributed by atoms with Crippen LogP contribution in [0.4, 0.5) is 0 Å². The lowest BCUT2D eigenvalue weighted by Crippen LogP contribution is -2.58. The first kappa shape index (κ1) is 14.6. The molecule has 1 fully saturated rings. The zero-order valence-electron chi connectivity index (χ0n) is 12.5. The lowest BCUT2D eigenvalue weighted by molar-refractivity contribution is -0.0937. The minimum absolute atomic E-state index is 0.00442. The minimum Gasteiger partial charge on any atom is -0.407 e. The summed E-state index contributed by atoms with van der Waals surface area (Å²) in [6.07, 6.45) is 3.76. The Hall–Kier alpha value is -0.845. The molecule has 1 aromatic heterocycles. The molecular weight excluding hydrogens is 243 g/mol. The molecule has 106 valence electrons. The predicted molar refractivity (Wildman–Crippen MR) is 74.4 cm³/mol. The molecule has 0 N–H and O–H groups in total. The van der Waals surface area contributed by atoms with Crippen LogP contribution in [-0.4, -0.2) is 42.8 Å². The molecule has 6 heteroatoms. The van der Waals surface area contributed by atoms with Crippen LogP contribution in [0.5, 0.6) is 0 Å². The maximum absolute atomic E-state index is 6.09. The smallest absolute Gasteiger partial charge is 0.407 e. The van der Waals surface area contributed by atoms with Crippen LogP contribution in [-0.2, 0) is 20.6 Å². The van der Waals surface area contributed by atoms with Crippen molar-refractivity contribution < 1.29 is 14.0 Å². The second-order valence-corrected chi connectivity index (χ2v) is 6.18. The summed E-state index contributed by atoms with van der Waals surface area (Å²) in [5, 5.41) is 4.29. The lowest BCUT2D eigenvalue weighted by Gasteiger charge is -2.47. The van der Waals surface area contributed by atoms with Crippen molar-refractivity contribution in [2.24, 2.45) is 5.41 Å². The number of methoxy groups -OCH3 is 1. The van der Waals surface area contributed by atoms with E-state index in [9.17, 15) is 0 Å². The van der Waals surface area contributed by atoms with E-state index in [1.165, 1.54) is 0 Å². The third kappa shape index (κ3) is 3.01. The van der Waals surface area contributed by atoms with Gasteiger partial charge in [0.1, 0.15) is 0 Å². The van der Waals surface area contributed by atoms with Crippen molar-refractivity contribution in [1.82, 2.24) is 9.78 Å². The Labute approximate surface area is 115 Å². The molecule has 1 saturated heterocycles. The van der Waals surface area contributed by atoms with Crippen molar-refractivity contribution >= 4 is 12.6 Å². The molecule has 0 bridgehead atoms. The Balaban J connectivity index is 2.05. The fourth-order valence-corrected chi connectivity index (χ4v) is 1.89. The summed E-state index contributed by atoms with van der Waals surface area (Å²) in [5.41, 5.74) is 0.722. The molecule has 0 aliphatic carbocycles. The molecule has 0 radical (unpaired) electrons. The average molecular weight is 266 g/mol. The number of ether oxygens (including phenoxy) is 1. The van der Waals surface area contributed by atoms with Crippen LogP contribution in [0.2, 0.25) is 0 Å². The van der Waals surface area contributed by atoms with Gasteiger partial charge in [-0.15, -0.1) is 0 Å². The minimum atomic E-state index is -0.334. The molecule has 0 amide bonds. The van der Waals surface area contributed by atoms with E-state index in [0.717, 1.165) is 12.0 Å². The second kappa shape index (κ2) is 5.27. The normalized spacial score (nSPS) is 21.6. The molecule has 2 rings (SSSR count). The van der Waals surface area contributed by atoms with Crippen LogP contribution in [0.3, 0.4) is 0 Å². The van der Waals surface area contributed by atoms with Gasteiger partial charge < -0.3 is 14.0 Å². The molecule has 0 unspecified atom stereocenters. The van der Waals surface area contributed by atoms with E-state index >= 15 is 0 Å². The van der Waals surface area contributed by atoms with Gasteiger partial charge in [-0.2, -0.15) is 5.10 Å². The molecule has 1 aliphatic rings. The molecule has 5 nitrogen and oxygen atoms in total. The molecule has 1 aromatic rings. The molecular formula is C13H23BN2O3. The molecule has 0 spiro atoms. The highest BCUT2D eigenvalue weighted by atomic mass is 16.6. The number of rotatable bonds is 4. The van der Waals surface area contributed by atoms with Gasteiger partial charge >= 0.3 is 7.12 Å². The van der Waals surface area contributed by atoms with Crippen LogP contribution in [0.1, 0.15) is 27.7 Å². The molecule has 2 heterocycles. The van der Waals surface area contributed by atoms with E-state index in [0.29, 0.717) is 13.2 Å². The van der Waals surface area contributed by atoms with Gasteiger partial charge in [0.2, 0.25) is 0 Å². The van der Waals surface area contributed by atoms with Crippen molar-refractivity contribution in [3.05, 3.63) is 12.4 Å². The maximum atomic E-state index is 6.09. The molecule has 1 aliphatic heterocycles. The summed E-state index contributed by atoms with van der Waals surface area (Å²) in [6.45, 7) is 10.6. The topological polar surface area (TPSA) is 45.5 Å². The maximum Gasteiger partial charge on any atom is 0.497 e. The van der Waals surface area contributed by atoms with Gasteiger partial charge in [0.15, 0.2) is 0 Å². The molecule has 0 atom stereocenters. The van der Waals surface area contributed by atoms with Crippen LogP contribution >= 0.6 is 0 Å². The van der Waals surface area contributed by atoms with Gasteiger partial charge in [-0.3, -0.25) is 4.68 Å². The summed E-state index contributed by atoms with van der Waals surface area (Å²) in [4.78, 5) is 0. The molecule has 0 aromatic carbocycles. The van der Waals surface area contributed by atoms with Crippen molar-refractivity contribution in [2.75, 3.05) is 20.3 Å². The van der Waals surface area contributed by atoms with Crippen LogP contribution in [0, 0.1) is 5.41 Å². The largest absolute Gasteiger partial charge is 0.497 e. The summed E-state index contributed by atoms with van der Waals surface area (Å²) in [5.74, 6) is 0. The standard InChI is InChI=1S/C13H23BN2O3/c1-12(2)10-18-14(19-13(12,3)4)11-8-15-16(9-11)6-7-17-5/h8-9H,6-7,10H2,1-5H3. The summed E-state index contributed by atoms with van der Waals surface area (Å²) in [7, 11) is 1.35. The zero-order chi connectivity index (χ0) is 14.1. The number of nitrogens with zero attached hydrogens (tertiary/aromatic N) is 2. The Bertz CT molecular complexity index is 431. The van der Waals surface area contributed by atoms with Gasteiger partial charge in [0.05, 0.1) is 18.8 Å². The predicted octanol–water partition coefficient (Wildman–Crippen LogP) is 1.08. The Morgan fingerprint density at radius 1 is 1.42 bits per heavy atom. The fraction of sp³-hybridized carbons (Fsp3) is 0.769. The molecule has 19 heavy (non-hydrogen) atoms. The van der Waals surface area contributed by atoms with E-state index in [-0.39, 0.29) is 18.1 Å². The van der Waals surface area contributed by atoms with E-state index in [4.69, 9.17) is 14.0 Å². The first-order chi connectivity index (χ1) is 8.86. The van der Waals surface area contributed by atoms with E-state index in [2.05, 4.69) is 32.8 Å². The summed E-state index contributed by atoms with van der Waals surface area (Å²) in [6, 6.07) is 0. The monoisotopic (exact) mass is 266 g/mol. The van der Waals surface area contributed by atoms with Crippen molar-refractivity contribution in [3.8, 4) is 0 Å². The van der Waals surface area contributed by atoms with Crippen molar-refractivity contribution in [2.45, 2.75) is 39.8 Å². The Morgan fingerprint density at radius 2 is 2.16 bits per heavy atom. The van der Waals surface area contributed by atoms with Gasteiger partial charge in [0.25, 0.3) is 0 Å². The second-order valence-electron chi connectivity index (χ2n) is 6.18. The van der Waals surface area contributed by atoms with E-state index < -0.39 is 0 Å². The highest BCUT2D eigenvalue weighted by molar-refractivity contribution is 6.61. The first-order valence-electron chi connectivity index (χ1n) is 6.66. The fourth-order valence-electron chi connectivity index (χ4n) is 1.89. The number of aromatic nitrogens is 2. The summed E-state index contributed by atoms with van der Waals surface area (Å²) >= 11 is 0. The van der Waals surface area contributed by atoms with Crippen LogP contribution in [0.15, 0.2) is 12.4 Å². The summed E-state index contributed by atoms with van der Waals surface area (Å²) < 4.78 is 18.8. The van der Waals surface area contributed by atoms with E-state index in [1.807, 2.05) is 10.9 Å². The Kier molecular flexibility index (Phi) is 4.04. The van der Waals surface area contributed by atoms with Gasteiger partial charge in [-0.25, -0.2) is 0 Å². The van der Waals surface area contributed by atoms with E-state index in [1.54, 1.807) is 13.3 Å². The van der Waals surface area contributed by atoms with Crippen molar-refractivity contribution in [1.29, 1.82) is 0 Å². The third-order valence-electron chi connectivity index (χ3n) is 4.08. The molecule has 0 saturated carbocycles. The van der Waals surface area contributed by atoms with Crippen molar-refractivity contribution in [3.63, 3.8) is 0 Å². The van der Waals surface area contributed by atoms with Gasteiger partial charge in [-0.05, 0) is 13.8 Å². The van der Waals surface area contributed by atoms with Crippen LogP contribution < -0.4 is 5.46 Å².